The molecule has 0 heterocycles. The number of amides is 2. The zero-order valence-electron chi connectivity index (χ0n) is 10.0. The molecule has 5 heteroatoms. The van der Waals surface area contributed by atoms with E-state index in [2.05, 4.69) is 24.4 Å². The summed E-state index contributed by atoms with van der Waals surface area (Å²) in [5.41, 5.74) is 7.84. The van der Waals surface area contributed by atoms with Crippen LogP contribution in [0, 0.1) is 5.92 Å². The molecule has 0 spiro atoms. The maximum atomic E-state index is 10.4. The first-order valence-electron chi connectivity index (χ1n) is 5.39. The molecule has 0 fully saturated rings. The molecular formula is C12H17N3O2. The van der Waals surface area contributed by atoms with E-state index in [1.54, 1.807) is 0 Å². The van der Waals surface area contributed by atoms with E-state index in [4.69, 9.17) is 10.5 Å². The monoisotopic (exact) mass is 235 g/mol. The fourth-order valence-electron chi connectivity index (χ4n) is 1.12. The predicted molar refractivity (Wildman–Crippen MR) is 67.1 cm³/mol. The van der Waals surface area contributed by atoms with Crippen molar-refractivity contribution in [2.24, 2.45) is 16.8 Å². The van der Waals surface area contributed by atoms with Gasteiger partial charge in [-0.15, -0.1) is 0 Å². The van der Waals surface area contributed by atoms with Crippen LogP contribution in [-0.2, 0) is 0 Å². The summed E-state index contributed by atoms with van der Waals surface area (Å²) < 4.78 is 5.56. The molecule has 0 aliphatic carbocycles. The van der Waals surface area contributed by atoms with Gasteiger partial charge >= 0.3 is 6.03 Å². The number of ether oxygens (including phenoxy) is 1. The van der Waals surface area contributed by atoms with Crippen LogP contribution < -0.4 is 15.9 Å². The minimum absolute atomic E-state index is 0.476. The van der Waals surface area contributed by atoms with Gasteiger partial charge in [0.2, 0.25) is 0 Å². The maximum Gasteiger partial charge on any atom is 0.332 e. The Labute approximate surface area is 101 Å². The largest absolute Gasteiger partial charge is 0.493 e. The zero-order chi connectivity index (χ0) is 12.7. The summed E-state index contributed by atoms with van der Waals surface area (Å²) in [6.45, 7) is 4.84. The molecule has 0 aliphatic rings. The van der Waals surface area contributed by atoms with Crippen molar-refractivity contribution in [3.05, 3.63) is 29.8 Å². The molecule has 0 saturated carbocycles. The van der Waals surface area contributed by atoms with E-state index >= 15 is 0 Å². The molecule has 0 bridgehead atoms. The topological polar surface area (TPSA) is 76.7 Å². The van der Waals surface area contributed by atoms with Crippen molar-refractivity contribution < 1.29 is 9.53 Å². The molecular weight excluding hydrogens is 218 g/mol. The molecule has 0 aromatic heterocycles. The number of primary amides is 1. The third kappa shape index (κ3) is 5.55. The Balaban J connectivity index is 2.59. The van der Waals surface area contributed by atoms with Crippen LogP contribution in [0.25, 0.3) is 0 Å². The van der Waals surface area contributed by atoms with Crippen LogP contribution in [0.2, 0.25) is 0 Å². The van der Waals surface area contributed by atoms with Gasteiger partial charge in [0.25, 0.3) is 0 Å². The van der Waals surface area contributed by atoms with Crippen LogP contribution in [-0.4, -0.2) is 18.9 Å². The van der Waals surface area contributed by atoms with Gasteiger partial charge in [-0.05, 0) is 23.6 Å². The second kappa shape index (κ2) is 6.52. The Hall–Kier alpha value is -2.04. The highest BCUT2D eigenvalue weighted by molar-refractivity contribution is 5.81. The number of hydrogen-bond acceptors (Lipinski definition) is 3. The molecule has 0 aliphatic heterocycles. The Kier molecular flexibility index (Phi) is 5.00. The number of carbonyl (C=O) groups excluding carboxylic acids is 1. The number of hydrogen-bond donors (Lipinski definition) is 2. The molecule has 1 aromatic carbocycles. The SMILES string of the molecule is CC(C)COc1cccc(C=NNC(N)=O)c1. The van der Waals surface area contributed by atoms with Gasteiger partial charge in [-0.1, -0.05) is 26.0 Å². The first-order chi connectivity index (χ1) is 8.08. The van der Waals surface area contributed by atoms with Gasteiger partial charge in [0.1, 0.15) is 5.75 Å². The van der Waals surface area contributed by atoms with Crippen LogP contribution in [0.3, 0.4) is 0 Å². The van der Waals surface area contributed by atoms with Crippen LogP contribution in [0.1, 0.15) is 19.4 Å². The molecule has 5 nitrogen and oxygen atoms in total. The lowest BCUT2D eigenvalue weighted by Crippen LogP contribution is -2.24. The minimum Gasteiger partial charge on any atom is -0.493 e. The third-order valence-electron chi connectivity index (χ3n) is 1.83. The van der Waals surface area contributed by atoms with Crippen LogP contribution in [0.15, 0.2) is 29.4 Å². The lowest BCUT2D eigenvalue weighted by molar-refractivity contribution is 0.249. The van der Waals surface area contributed by atoms with E-state index in [1.165, 1.54) is 6.21 Å². The van der Waals surface area contributed by atoms with Crippen LogP contribution in [0.4, 0.5) is 4.79 Å². The van der Waals surface area contributed by atoms with Gasteiger partial charge < -0.3 is 10.5 Å². The van der Waals surface area contributed by atoms with Gasteiger partial charge in [-0.2, -0.15) is 5.10 Å². The minimum atomic E-state index is -0.687. The molecule has 0 radical (unpaired) electrons. The Morgan fingerprint density at radius 2 is 2.35 bits per heavy atom. The Morgan fingerprint density at radius 3 is 3.00 bits per heavy atom. The van der Waals surface area contributed by atoms with E-state index in [0.29, 0.717) is 12.5 Å². The summed E-state index contributed by atoms with van der Waals surface area (Å²) in [5.74, 6) is 1.26. The number of rotatable bonds is 5. The number of benzene rings is 1. The highest BCUT2D eigenvalue weighted by Gasteiger charge is 1.97. The van der Waals surface area contributed by atoms with Crippen molar-refractivity contribution in [2.75, 3.05) is 6.61 Å². The first-order valence-corrected chi connectivity index (χ1v) is 5.39. The van der Waals surface area contributed by atoms with Crippen LogP contribution >= 0.6 is 0 Å². The second-order valence-electron chi connectivity index (χ2n) is 4.01. The van der Waals surface area contributed by atoms with E-state index in [-0.39, 0.29) is 0 Å². The van der Waals surface area contributed by atoms with Gasteiger partial charge in [0.15, 0.2) is 0 Å². The van der Waals surface area contributed by atoms with E-state index in [0.717, 1.165) is 11.3 Å². The molecule has 1 rings (SSSR count). The van der Waals surface area contributed by atoms with Crippen LogP contribution in [0.5, 0.6) is 5.75 Å². The number of nitrogens with two attached hydrogens (primary N) is 1. The molecule has 0 atom stereocenters. The fraction of sp³-hybridized carbons (Fsp3) is 0.333. The highest BCUT2D eigenvalue weighted by atomic mass is 16.5. The number of nitrogens with one attached hydrogen (secondary N) is 1. The molecule has 3 N–H and O–H groups in total. The summed E-state index contributed by atoms with van der Waals surface area (Å²) in [5, 5.41) is 3.67. The normalized spacial score (nSPS) is 10.8. The number of nitrogens with zero attached hydrogens (tertiary/aromatic N) is 1. The number of carbonyl (C=O) groups is 1. The molecule has 2 amide bonds. The van der Waals surface area contributed by atoms with Gasteiger partial charge in [-0.3, -0.25) is 0 Å². The smallest absolute Gasteiger partial charge is 0.332 e. The quantitative estimate of drug-likeness (QED) is 0.602. The first kappa shape index (κ1) is 13.0. The molecule has 17 heavy (non-hydrogen) atoms. The fourth-order valence-corrected chi connectivity index (χ4v) is 1.12. The van der Waals surface area contributed by atoms with Crippen molar-refractivity contribution in [1.29, 1.82) is 0 Å². The molecule has 0 unspecified atom stereocenters. The van der Waals surface area contributed by atoms with Gasteiger partial charge in [-0.25, -0.2) is 10.2 Å². The predicted octanol–water partition coefficient (Wildman–Crippen LogP) is 1.72. The Bertz CT molecular complexity index is 402. The van der Waals surface area contributed by atoms with Crippen molar-refractivity contribution in [3.8, 4) is 5.75 Å². The third-order valence-corrected chi connectivity index (χ3v) is 1.83. The van der Waals surface area contributed by atoms with E-state index in [1.807, 2.05) is 24.3 Å². The second-order valence-corrected chi connectivity index (χ2v) is 4.01. The summed E-state index contributed by atoms with van der Waals surface area (Å²) in [6.07, 6.45) is 1.51. The summed E-state index contributed by atoms with van der Waals surface area (Å²) in [7, 11) is 0. The molecule has 92 valence electrons. The van der Waals surface area contributed by atoms with Crippen molar-refractivity contribution in [3.63, 3.8) is 0 Å². The Morgan fingerprint density at radius 1 is 1.59 bits per heavy atom. The average molecular weight is 235 g/mol. The number of hydrazone groups is 1. The molecule has 0 saturated heterocycles. The van der Waals surface area contributed by atoms with E-state index in [9.17, 15) is 4.79 Å². The summed E-state index contributed by atoms with van der Waals surface area (Å²) in [6, 6.07) is 6.75. The highest BCUT2D eigenvalue weighted by Crippen LogP contribution is 2.12. The van der Waals surface area contributed by atoms with Gasteiger partial charge in [0, 0.05) is 0 Å². The van der Waals surface area contributed by atoms with Crippen molar-refractivity contribution in [1.82, 2.24) is 5.43 Å². The summed E-state index contributed by atoms with van der Waals surface area (Å²) in [4.78, 5) is 10.4. The zero-order valence-corrected chi connectivity index (χ0v) is 10.0. The maximum absolute atomic E-state index is 10.4. The number of urea groups is 1. The van der Waals surface area contributed by atoms with Crippen molar-refractivity contribution >= 4 is 12.2 Å². The van der Waals surface area contributed by atoms with E-state index < -0.39 is 6.03 Å². The average Bonchev–Trinajstić information content (AvgIpc) is 2.26. The lowest BCUT2D eigenvalue weighted by atomic mass is 10.2. The van der Waals surface area contributed by atoms with Gasteiger partial charge in [0.05, 0.1) is 12.8 Å². The summed E-state index contributed by atoms with van der Waals surface area (Å²) >= 11 is 0. The van der Waals surface area contributed by atoms with Crippen molar-refractivity contribution in [2.45, 2.75) is 13.8 Å². The lowest BCUT2D eigenvalue weighted by Gasteiger charge is -2.08. The standard InChI is InChI=1S/C12H17N3O2/c1-9(2)8-17-11-5-3-4-10(6-11)7-14-15-12(13)16/h3-7,9H,8H2,1-2H3,(H3,13,15,16). The molecule has 1 aromatic rings.